The van der Waals surface area contributed by atoms with Crippen LogP contribution >= 0.6 is 0 Å². The van der Waals surface area contributed by atoms with E-state index in [0.717, 1.165) is 11.1 Å². The molecule has 1 aromatic rings. The largest absolute Gasteiger partial charge is 0.465 e. The highest BCUT2D eigenvalue weighted by atomic mass is 16.5. The minimum atomic E-state index is -0.388. The van der Waals surface area contributed by atoms with Gasteiger partial charge in [-0.25, -0.2) is 4.79 Å². The number of methoxy groups -OCH3 is 1. The van der Waals surface area contributed by atoms with Gasteiger partial charge < -0.3 is 10.5 Å². The van der Waals surface area contributed by atoms with Gasteiger partial charge in [0.05, 0.1) is 12.7 Å². The summed E-state index contributed by atoms with van der Waals surface area (Å²) in [5.74, 6) is -0.388. The molecule has 0 radical (unpaired) electrons. The lowest BCUT2D eigenvalue weighted by Crippen LogP contribution is -2.06. The molecule has 0 atom stereocenters. The van der Waals surface area contributed by atoms with Gasteiger partial charge in [-0.3, -0.25) is 0 Å². The Kier molecular flexibility index (Phi) is 2.56. The van der Waals surface area contributed by atoms with Crippen molar-refractivity contribution in [3.05, 3.63) is 28.8 Å². The smallest absolute Gasteiger partial charge is 0.339 e. The highest BCUT2D eigenvalue weighted by Crippen LogP contribution is 2.18. The number of esters is 1. The number of nitrogen functional groups attached to an aromatic ring is 1. The quantitative estimate of drug-likeness (QED) is 0.527. The van der Waals surface area contributed by atoms with Crippen molar-refractivity contribution >= 4 is 11.7 Å². The molecule has 3 heteroatoms. The fourth-order valence-corrected chi connectivity index (χ4v) is 1.13. The number of aryl methyl sites for hydroxylation is 2. The average Bonchev–Trinajstić information content (AvgIpc) is 2.10. The summed E-state index contributed by atoms with van der Waals surface area (Å²) >= 11 is 0. The zero-order valence-electron chi connectivity index (χ0n) is 8.05. The number of hydrogen-bond donors (Lipinski definition) is 1. The van der Waals surface area contributed by atoms with E-state index in [9.17, 15) is 4.79 Å². The van der Waals surface area contributed by atoms with Crippen molar-refractivity contribution in [3.8, 4) is 0 Å². The van der Waals surface area contributed by atoms with Gasteiger partial charge in [-0.2, -0.15) is 0 Å². The molecule has 0 saturated carbocycles. The second-order valence-electron chi connectivity index (χ2n) is 3.02. The fourth-order valence-electron chi connectivity index (χ4n) is 1.13. The molecule has 1 aromatic carbocycles. The van der Waals surface area contributed by atoms with Crippen LogP contribution < -0.4 is 5.73 Å². The second kappa shape index (κ2) is 3.47. The number of anilines is 1. The van der Waals surface area contributed by atoms with E-state index in [2.05, 4.69) is 4.74 Å². The Morgan fingerprint density at radius 2 is 1.85 bits per heavy atom. The maximum Gasteiger partial charge on any atom is 0.339 e. The van der Waals surface area contributed by atoms with E-state index in [1.807, 2.05) is 13.8 Å². The summed E-state index contributed by atoms with van der Waals surface area (Å²) in [5, 5.41) is 0. The van der Waals surface area contributed by atoms with Crippen molar-refractivity contribution in [2.75, 3.05) is 12.8 Å². The minimum absolute atomic E-state index is 0.388. The molecule has 0 unspecified atom stereocenters. The Morgan fingerprint density at radius 3 is 2.38 bits per heavy atom. The van der Waals surface area contributed by atoms with Gasteiger partial charge >= 0.3 is 5.97 Å². The average molecular weight is 179 g/mol. The van der Waals surface area contributed by atoms with Crippen LogP contribution in [0.4, 0.5) is 5.69 Å². The second-order valence-corrected chi connectivity index (χ2v) is 3.02. The van der Waals surface area contributed by atoms with Crippen molar-refractivity contribution in [3.63, 3.8) is 0 Å². The molecular weight excluding hydrogens is 166 g/mol. The predicted molar refractivity (Wildman–Crippen MR) is 51.7 cm³/mol. The van der Waals surface area contributed by atoms with Crippen molar-refractivity contribution in [2.24, 2.45) is 0 Å². The topological polar surface area (TPSA) is 52.3 Å². The first-order chi connectivity index (χ1) is 6.06. The van der Waals surface area contributed by atoms with Crippen LogP contribution in [0, 0.1) is 13.8 Å². The molecule has 0 saturated heterocycles. The molecule has 70 valence electrons. The van der Waals surface area contributed by atoms with Crippen molar-refractivity contribution in [1.29, 1.82) is 0 Å². The molecule has 0 heterocycles. The molecule has 0 aliphatic rings. The summed E-state index contributed by atoms with van der Waals surface area (Å²) in [6.45, 7) is 3.88. The van der Waals surface area contributed by atoms with Crippen LogP contribution in [0.15, 0.2) is 12.1 Å². The van der Waals surface area contributed by atoms with Crippen LogP contribution in [0.2, 0.25) is 0 Å². The van der Waals surface area contributed by atoms with Gasteiger partial charge in [0.1, 0.15) is 0 Å². The number of rotatable bonds is 1. The lowest BCUT2D eigenvalue weighted by molar-refractivity contribution is 0.0602. The summed E-state index contributed by atoms with van der Waals surface area (Å²) in [6.07, 6.45) is 0. The van der Waals surface area contributed by atoms with Crippen LogP contribution in [0.1, 0.15) is 21.5 Å². The van der Waals surface area contributed by atoms with Crippen LogP contribution in [0.5, 0.6) is 0 Å². The van der Waals surface area contributed by atoms with Gasteiger partial charge in [-0.05, 0) is 37.1 Å². The number of carbonyl (C=O) groups excluding carboxylic acids is 1. The summed E-state index contributed by atoms with van der Waals surface area (Å²) in [4.78, 5) is 11.2. The maximum absolute atomic E-state index is 11.2. The van der Waals surface area contributed by atoms with Gasteiger partial charge in [-0.1, -0.05) is 0 Å². The summed E-state index contributed by atoms with van der Waals surface area (Å²) in [7, 11) is 1.34. The molecule has 0 bridgehead atoms. The Balaban J connectivity index is 3.23. The standard InChI is InChI=1S/C10H13NO2/c1-6-4-8(10(12)13-3)9(11)5-7(6)2/h4-5H,11H2,1-3H3. The number of carbonyl (C=O) groups is 1. The van der Waals surface area contributed by atoms with Gasteiger partial charge in [-0.15, -0.1) is 0 Å². The highest BCUT2D eigenvalue weighted by Gasteiger charge is 2.10. The Bertz CT molecular complexity index is 345. The first kappa shape index (κ1) is 9.58. The zero-order chi connectivity index (χ0) is 10.0. The third-order valence-electron chi connectivity index (χ3n) is 2.07. The molecular formula is C10H13NO2. The Hall–Kier alpha value is -1.51. The minimum Gasteiger partial charge on any atom is -0.465 e. The van der Waals surface area contributed by atoms with Crippen molar-refractivity contribution < 1.29 is 9.53 Å². The first-order valence-corrected chi connectivity index (χ1v) is 4.01. The molecule has 2 N–H and O–H groups in total. The first-order valence-electron chi connectivity index (χ1n) is 4.01. The molecule has 13 heavy (non-hydrogen) atoms. The number of hydrogen-bond acceptors (Lipinski definition) is 3. The molecule has 0 aliphatic carbocycles. The van der Waals surface area contributed by atoms with Crippen LogP contribution in [0.3, 0.4) is 0 Å². The predicted octanol–water partition coefficient (Wildman–Crippen LogP) is 1.67. The molecule has 0 fully saturated rings. The third kappa shape index (κ3) is 1.80. The number of benzene rings is 1. The number of ether oxygens (including phenoxy) is 1. The van der Waals surface area contributed by atoms with Crippen molar-refractivity contribution in [1.82, 2.24) is 0 Å². The van der Waals surface area contributed by atoms with E-state index in [1.165, 1.54) is 7.11 Å². The van der Waals surface area contributed by atoms with E-state index < -0.39 is 0 Å². The molecule has 0 spiro atoms. The van der Waals surface area contributed by atoms with E-state index in [1.54, 1.807) is 12.1 Å². The maximum atomic E-state index is 11.2. The third-order valence-corrected chi connectivity index (χ3v) is 2.07. The zero-order valence-corrected chi connectivity index (χ0v) is 8.05. The molecule has 1 rings (SSSR count). The number of nitrogens with two attached hydrogens (primary N) is 1. The van der Waals surface area contributed by atoms with E-state index in [-0.39, 0.29) is 5.97 Å². The van der Waals surface area contributed by atoms with Crippen LogP contribution in [-0.4, -0.2) is 13.1 Å². The van der Waals surface area contributed by atoms with Gasteiger partial charge in [0, 0.05) is 5.69 Å². The van der Waals surface area contributed by atoms with Crippen molar-refractivity contribution in [2.45, 2.75) is 13.8 Å². The summed E-state index contributed by atoms with van der Waals surface area (Å²) in [5.41, 5.74) is 8.68. The molecule has 0 aromatic heterocycles. The van der Waals surface area contributed by atoms with E-state index in [4.69, 9.17) is 5.73 Å². The lowest BCUT2D eigenvalue weighted by atomic mass is 10.0. The van der Waals surface area contributed by atoms with E-state index >= 15 is 0 Å². The summed E-state index contributed by atoms with van der Waals surface area (Å²) < 4.78 is 4.59. The van der Waals surface area contributed by atoms with E-state index in [0.29, 0.717) is 11.3 Å². The summed E-state index contributed by atoms with van der Waals surface area (Å²) in [6, 6.07) is 3.53. The molecule has 0 amide bonds. The van der Waals surface area contributed by atoms with Crippen LogP contribution in [-0.2, 0) is 4.74 Å². The monoisotopic (exact) mass is 179 g/mol. The Morgan fingerprint density at radius 1 is 1.31 bits per heavy atom. The van der Waals surface area contributed by atoms with Gasteiger partial charge in [0.25, 0.3) is 0 Å². The molecule has 3 nitrogen and oxygen atoms in total. The lowest BCUT2D eigenvalue weighted by Gasteiger charge is -2.07. The van der Waals surface area contributed by atoms with Gasteiger partial charge in [0.2, 0.25) is 0 Å². The van der Waals surface area contributed by atoms with Crippen LogP contribution in [0.25, 0.3) is 0 Å². The SMILES string of the molecule is COC(=O)c1cc(C)c(C)cc1N. The fraction of sp³-hybridized carbons (Fsp3) is 0.300. The Labute approximate surface area is 77.5 Å². The van der Waals surface area contributed by atoms with Gasteiger partial charge in [0.15, 0.2) is 0 Å². The molecule has 0 aliphatic heterocycles. The highest BCUT2D eigenvalue weighted by molar-refractivity contribution is 5.95. The normalized spacial score (nSPS) is 9.77.